The summed E-state index contributed by atoms with van der Waals surface area (Å²) >= 11 is 0. The van der Waals surface area contributed by atoms with Gasteiger partial charge in [0.25, 0.3) is 0 Å². The van der Waals surface area contributed by atoms with Crippen molar-refractivity contribution in [3.8, 4) is 0 Å². The molecule has 1 aliphatic heterocycles. The molecule has 0 bridgehead atoms. The van der Waals surface area contributed by atoms with E-state index < -0.39 is 0 Å². The van der Waals surface area contributed by atoms with Crippen molar-refractivity contribution in [2.75, 3.05) is 11.4 Å². The van der Waals surface area contributed by atoms with Crippen molar-refractivity contribution < 1.29 is 4.79 Å². The van der Waals surface area contributed by atoms with Crippen molar-refractivity contribution in [2.24, 2.45) is 17.8 Å². The van der Waals surface area contributed by atoms with E-state index in [2.05, 4.69) is 23.1 Å². The van der Waals surface area contributed by atoms with E-state index in [1.54, 1.807) is 0 Å². The van der Waals surface area contributed by atoms with Crippen LogP contribution in [0.3, 0.4) is 0 Å². The third-order valence-corrected chi connectivity index (χ3v) is 5.09. The lowest BCUT2D eigenvalue weighted by molar-refractivity contribution is -0.120. The van der Waals surface area contributed by atoms with E-state index in [1.807, 2.05) is 6.07 Å². The van der Waals surface area contributed by atoms with Crippen molar-refractivity contribution in [1.82, 2.24) is 0 Å². The molecule has 2 heteroatoms. The van der Waals surface area contributed by atoms with E-state index in [-0.39, 0.29) is 0 Å². The molecule has 2 nitrogen and oxygen atoms in total. The summed E-state index contributed by atoms with van der Waals surface area (Å²) in [7, 11) is 0. The Morgan fingerprint density at radius 1 is 1.11 bits per heavy atom. The molecule has 1 heterocycles. The molecule has 0 saturated heterocycles. The highest BCUT2D eigenvalue weighted by molar-refractivity contribution is 5.99. The molecule has 2 atom stereocenters. The molecular formula is C16H19NO. The van der Waals surface area contributed by atoms with Crippen LogP contribution >= 0.6 is 0 Å². The van der Waals surface area contributed by atoms with Crippen LogP contribution in [0.4, 0.5) is 5.69 Å². The first kappa shape index (κ1) is 10.6. The molecule has 18 heavy (non-hydrogen) atoms. The predicted octanol–water partition coefficient (Wildman–Crippen LogP) is 3.01. The van der Waals surface area contributed by atoms with Crippen LogP contribution in [0.2, 0.25) is 0 Å². The van der Waals surface area contributed by atoms with Gasteiger partial charge in [0.15, 0.2) is 0 Å². The van der Waals surface area contributed by atoms with Gasteiger partial charge in [-0.2, -0.15) is 0 Å². The summed E-state index contributed by atoms with van der Waals surface area (Å²) < 4.78 is 0. The molecule has 0 N–H and O–H groups in total. The van der Waals surface area contributed by atoms with Gasteiger partial charge in [0.05, 0.1) is 0 Å². The van der Waals surface area contributed by atoms with Crippen molar-refractivity contribution in [1.29, 1.82) is 0 Å². The number of rotatable bonds is 1. The Hall–Kier alpha value is -1.31. The lowest BCUT2D eigenvalue weighted by atomic mass is 10.0. The van der Waals surface area contributed by atoms with Crippen LogP contribution in [0.25, 0.3) is 0 Å². The monoisotopic (exact) mass is 241 g/mol. The summed E-state index contributed by atoms with van der Waals surface area (Å²) in [4.78, 5) is 14.7. The largest absolute Gasteiger partial charge is 0.312 e. The average molecular weight is 241 g/mol. The van der Waals surface area contributed by atoms with Gasteiger partial charge in [-0.15, -0.1) is 0 Å². The van der Waals surface area contributed by atoms with Crippen LogP contribution in [-0.4, -0.2) is 12.5 Å². The Bertz CT molecular complexity index is 484. The second-order valence-corrected chi connectivity index (χ2v) is 6.01. The maximum absolute atomic E-state index is 12.7. The molecule has 1 amide bonds. The maximum atomic E-state index is 12.7. The summed E-state index contributed by atoms with van der Waals surface area (Å²) in [6.45, 7) is 0.897. The first-order valence-corrected chi connectivity index (χ1v) is 7.25. The molecule has 1 aromatic carbocycles. The van der Waals surface area contributed by atoms with E-state index in [0.29, 0.717) is 11.8 Å². The zero-order valence-electron chi connectivity index (χ0n) is 10.6. The van der Waals surface area contributed by atoms with Crippen LogP contribution in [0, 0.1) is 17.8 Å². The van der Waals surface area contributed by atoms with Gasteiger partial charge in [0.2, 0.25) is 5.91 Å². The summed E-state index contributed by atoms with van der Waals surface area (Å²) in [5, 5.41) is 0. The molecule has 4 rings (SSSR count). The molecule has 94 valence electrons. The number of para-hydroxylation sites is 1. The Morgan fingerprint density at radius 3 is 2.61 bits per heavy atom. The molecule has 3 aliphatic rings. The fourth-order valence-corrected chi connectivity index (χ4v) is 4.11. The fourth-order valence-electron chi connectivity index (χ4n) is 4.11. The van der Waals surface area contributed by atoms with Gasteiger partial charge in [0.1, 0.15) is 0 Å². The maximum Gasteiger partial charge on any atom is 0.230 e. The first-order chi connectivity index (χ1) is 8.86. The highest BCUT2D eigenvalue weighted by Gasteiger charge is 2.56. The minimum Gasteiger partial charge on any atom is -0.312 e. The Morgan fingerprint density at radius 2 is 1.83 bits per heavy atom. The number of amides is 1. The topological polar surface area (TPSA) is 20.3 Å². The van der Waals surface area contributed by atoms with E-state index >= 15 is 0 Å². The Labute approximate surface area is 108 Å². The fraction of sp³-hybridized carbons (Fsp3) is 0.562. The number of anilines is 1. The average Bonchev–Trinajstić information content (AvgIpc) is 2.99. The summed E-state index contributed by atoms with van der Waals surface area (Å²) in [5.74, 6) is 2.22. The zero-order chi connectivity index (χ0) is 12.1. The van der Waals surface area contributed by atoms with Gasteiger partial charge >= 0.3 is 0 Å². The Balaban J connectivity index is 1.57. The second-order valence-electron chi connectivity index (χ2n) is 6.01. The van der Waals surface area contributed by atoms with Gasteiger partial charge in [-0.1, -0.05) is 31.0 Å². The standard InChI is InChI=1S/C16H19NO/c18-16(15-12-6-2-3-7-13(12)15)17-10-9-11-5-1-4-8-14(11)17/h1,4-5,8,12-13,15H,2-3,6-7,9-10H2. The highest BCUT2D eigenvalue weighted by atomic mass is 16.2. The van der Waals surface area contributed by atoms with E-state index in [0.717, 1.165) is 24.8 Å². The number of fused-ring (bicyclic) bond motifs is 2. The molecule has 0 spiro atoms. The number of nitrogens with zero attached hydrogens (tertiary/aromatic N) is 1. The quantitative estimate of drug-likeness (QED) is 0.740. The highest BCUT2D eigenvalue weighted by Crippen LogP contribution is 2.56. The van der Waals surface area contributed by atoms with E-state index in [4.69, 9.17) is 0 Å². The first-order valence-electron chi connectivity index (χ1n) is 7.25. The SMILES string of the molecule is O=C(C1C2CCCCC21)N1CCc2ccccc21. The molecule has 2 aliphatic carbocycles. The van der Waals surface area contributed by atoms with Crippen LogP contribution < -0.4 is 4.90 Å². The molecule has 2 saturated carbocycles. The van der Waals surface area contributed by atoms with E-state index in [9.17, 15) is 4.79 Å². The van der Waals surface area contributed by atoms with Crippen molar-refractivity contribution in [2.45, 2.75) is 32.1 Å². The Kier molecular flexibility index (Phi) is 2.26. The van der Waals surface area contributed by atoms with Crippen molar-refractivity contribution in [3.63, 3.8) is 0 Å². The lowest BCUT2D eigenvalue weighted by Crippen LogP contribution is -2.31. The summed E-state index contributed by atoms with van der Waals surface area (Å²) in [5.41, 5.74) is 2.51. The molecule has 0 aromatic heterocycles. The van der Waals surface area contributed by atoms with Gasteiger partial charge in [-0.05, 0) is 42.7 Å². The van der Waals surface area contributed by atoms with Crippen LogP contribution in [0.5, 0.6) is 0 Å². The van der Waals surface area contributed by atoms with Crippen LogP contribution in [0.15, 0.2) is 24.3 Å². The zero-order valence-corrected chi connectivity index (χ0v) is 10.6. The minimum atomic E-state index is 0.360. The van der Waals surface area contributed by atoms with Gasteiger partial charge in [0, 0.05) is 18.2 Å². The molecule has 1 aromatic rings. The second kappa shape index (κ2) is 3.84. The third-order valence-electron chi connectivity index (χ3n) is 5.09. The molecule has 2 unspecified atom stereocenters. The number of benzene rings is 1. The number of carbonyl (C=O) groups excluding carboxylic acids is 1. The predicted molar refractivity (Wildman–Crippen MR) is 71.4 cm³/mol. The van der Waals surface area contributed by atoms with Crippen molar-refractivity contribution >= 4 is 11.6 Å². The third kappa shape index (κ3) is 1.44. The van der Waals surface area contributed by atoms with Gasteiger partial charge < -0.3 is 4.90 Å². The molecule has 2 fully saturated rings. The minimum absolute atomic E-state index is 0.360. The van der Waals surface area contributed by atoms with Crippen molar-refractivity contribution in [3.05, 3.63) is 29.8 Å². The van der Waals surface area contributed by atoms with Gasteiger partial charge in [-0.3, -0.25) is 4.79 Å². The van der Waals surface area contributed by atoms with E-state index in [1.165, 1.54) is 36.9 Å². The molecule has 0 radical (unpaired) electrons. The smallest absolute Gasteiger partial charge is 0.230 e. The number of hydrogen-bond acceptors (Lipinski definition) is 1. The number of hydrogen-bond donors (Lipinski definition) is 0. The molecular weight excluding hydrogens is 222 g/mol. The lowest BCUT2D eigenvalue weighted by Gasteiger charge is -2.17. The normalized spacial score (nSPS) is 32.9. The summed E-state index contributed by atoms with van der Waals surface area (Å²) in [6, 6.07) is 8.38. The van der Waals surface area contributed by atoms with Gasteiger partial charge in [-0.25, -0.2) is 0 Å². The summed E-state index contributed by atoms with van der Waals surface area (Å²) in [6.07, 6.45) is 6.28. The number of carbonyl (C=O) groups is 1. The van der Waals surface area contributed by atoms with Crippen LogP contribution in [0.1, 0.15) is 31.2 Å². The van der Waals surface area contributed by atoms with Crippen LogP contribution in [-0.2, 0) is 11.2 Å².